The molecule has 1 aromatic heterocycles. The molecule has 0 spiro atoms. The lowest BCUT2D eigenvalue weighted by Crippen LogP contribution is -2.46. The molecule has 0 bridgehead atoms. The van der Waals surface area contributed by atoms with Crippen molar-refractivity contribution in [3.63, 3.8) is 0 Å². The molecule has 130 valence electrons. The standard InChI is InChI=1S/C18H25ClN4O/c1-13(2)18-21-20-17(24-18)12-22-8-10-23(11-9-22)14(3)15-4-6-16(19)7-5-15/h4-7,13-14H,8-12H2,1-3H3/t14-/m1/s1. The summed E-state index contributed by atoms with van der Waals surface area (Å²) in [5.74, 6) is 1.72. The number of nitrogens with zero attached hydrogens (tertiary/aromatic N) is 4. The second-order valence-electron chi connectivity index (χ2n) is 6.73. The first kappa shape index (κ1) is 17.4. The van der Waals surface area contributed by atoms with Gasteiger partial charge in [0.2, 0.25) is 11.8 Å². The molecule has 5 nitrogen and oxygen atoms in total. The van der Waals surface area contributed by atoms with Gasteiger partial charge in [-0.2, -0.15) is 0 Å². The van der Waals surface area contributed by atoms with Crippen molar-refractivity contribution in [1.29, 1.82) is 0 Å². The molecule has 1 aliphatic rings. The van der Waals surface area contributed by atoms with Crippen molar-refractivity contribution in [3.05, 3.63) is 46.6 Å². The maximum atomic E-state index is 5.98. The van der Waals surface area contributed by atoms with E-state index in [1.807, 2.05) is 12.1 Å². The molecule has 1 saturated heterocycles. The fourth-order valence-corrected chi connectivity index (χ4v) is 3.14. The van der Waals surface area contributed by atoms with Crippen molar-refractivity contribution in [2.24, 2.45) is 0 Å². The second-order valence-corrected chi connectivity index (χ2v) is 7.16. The van der Waals surface area contributed by atoms with Crippen LogP contribution in [0.3, 0.4) is 0 Å². The fourth-order valence-electron chi connectivity index (χ4n) is 3.02. The lowest BCUT2D eigenvalue weighted by atomic mass is 10.1. The molecule has 24 heavy (non-hydrogen) atoms. The average molecular weight is 349 g/mol. The molecule has 0 saturated carbocycles. The molecule has 0 radical (unpaired) electrons. The van der Waals surface area contributed by atoms with Gasteiger partial charge in [0.25, 0.3) is 0 Å². The highest BCUT2D eigenvalue weighted by molar-refractivity contribution is 6.30. The molecule has 3 rings (SSSR count). The lowest BCUT2D eigenvalue weighted by molar-refractivity contribution is 0.0917. The predicted octanol–water partition coefficient (Wildman–Crippen LogP) is 3.73. The van der Waals surface area contributed by atoms with Gasteiger partial charge in [-0.15, -0.1) is 10.2 Å². The summed E-state index contributed by atoms with van der Waals surface area (Å²) in [7, 11) is 0. The molecule has 1 fully saturated rings. The van der Waals surface area contributed by atoms with Gasteiger partial charge in [-0.1, -0.05) is 37.6 Å². The van der Waals surface area contributed by atoms with Crippen LogP contribution in [0.25, 0.3) is 0 Å². The molecule has 0 amide bonds. The molecular formula is C18H25ClN4O. The summed E-state index contributed by atoms with van der Waals surface area (Å²) in [6, 6.07) is 8.56. The summed E-state index contributed by atoms with van der Waals surface area (Å²) in [5, 5.41) is 9.05. The third kappa shape index (κ3) is 4.15. The number of hydrogen-bond acceptors (Lipinski definition) is 5. The Morgan fingerprint density at radius 2 is 1.71 bits per heavy atom. The number of aromatic nitrogens is 2. The Hall–Kier alpha value is -1.43. The van der Waals surface area contributed by atoms with Gasteiger partial charge in [-0.25, -0.2) is 0 Å². The van der Waals surface area contributed by atoms with Crippen LogP contribution in [0.2, 0.25) is 5.02 Å². The van der Waals surface area contributed by atoms with Crippen molar-refractivity contribution in [1.82, 2.24) is 20.0 Å². The zero-order valence-corrected chi connectivity index (χ0v) is 15.3. The Morgan fingerprint density at radius 1 is 1.04 bits per heavy atom. The molecule has 1 aliphatic heterocycles. The largest absolute Gasteiger partial charge is 0.424 e. The topological polar surface area (TPSA) is 45.4 Å². The highest BCUT2D eigenvalue weighted by atomic mass is 35.5. The normalized spacial score (nSPS) is 18.2. The van der Waals surface area contributed by atoms with Gasteiger partial charge in [0.1, 0.15) is 0 Å². The van der Waals surface area contributed by atoms with Crippen LogP contribution in [0.1, 0.15) is 50.1 Å². The Kier molecular flexibility index (Phi) is 5.54. The number of benzene rings is 1. The summed E-state index contributed by atoms with van der Waals surface area (Å²) in [4.78, 5) is 4.88. The van der Waals surface area contributed by atoms with Gasteiger partial charge < -0.3 is 4.42 Å². The van der Waals surface area contributed by atoms with Gasteiger partial charge >= 0.3 is 0 Å². The highest BCUT2D eigenvalue weighted by Crippen LogP contribution is 2.23. The Labute approximate surface area is 148 Å². The number of rotatable bonds is 5. The zero-order chi connectivity index (χ0) is 17.1. The lowest BCUT2D eigenvalue weighted by Gasteiger charge is -2.37. The first-order valence-electron chi connectivity index (χ1n) is 8.57. The Morgan fingerprint density at radius 3 is 2.29 bits per heavy atom. The molecule has 1 atom stereocenters. The zero-order valence-electron chi connectivity index (χ0n) is 14.6. The summed E-state index contributed by atoms with van der Waals surface area (Å²) < 4.78 is 5.71. The third-order valence-electron chi connectivity index (χ3n) is 4.64. The van der Waals surface area contributed by atoms with Crippen LogP contribution in [-0.2, 0) is 6.54 Å². The van der Waals surface area contributed by atoms with E-state index in [-0.39, 0.29) is 5.92 Å². The van der Waals surface area contributed by atoms with Crippen LogP contribution in [0, 0.1) is 0 Å². The molecule has 1 aromatic carbocycles. The van der Waals surface area contributed by atoms with E-state index >= 15 is 0 Å². The number of halogens is 1. The summed E-state index contributed by atoms with van der Waals surface area (Å²) >= 11 is 5.98. The van der Waals surface area contributed by atoms with Crippen molar-refractivity contribution >= 4 is 11.6 Å². The van der Waals surface area contributed by atoms with Gasteiger partial charge in [0, 0.05) is 43.2 Å². The van der Waals surface area contributed by atoms with E-state index in [2.05, 4.69) is 52.9 Å². The van der Waals surface area contributed by atoms with E-state index in [1.54, 1.807) is 0 Å². The monoisotopic (exact) mass is 348 g/mol. The SMILES string of the molecule is CC(C)c1nnc(CN2CCN([C@H](C)c3ccc(Cl)cc3)CC2)o1. The number of piperazine rings is 1. The first-order valence-corrected chi connectivity index (χ1v) is 8.95. The summed E-state index contributed by atoms with van der Waals surface area (Å²) in [5.41, 5.74) is 1.31. The van der Waals surface area contributed by atoms with Crippen LogP contribution in [-0.4, -0.2) is 46.2 Å². The van der Waals surface area contributed by atoms with Crippen LogP contribution in [0.4, 0.5) is 0 Å². The first-order chi connectivity index (χ1) is 11.5. The Balaban J connectivity index is 1.52. The molecule has 2 heterocycles. The molecule has 6 heteroatoms. The second kappa shape index (κ2) is 7.64. The molecular weight excluding hydrogens is 324 g/mol. The van der Waals surface area contributed by atoms with Crippen LogP contribution >= 0.6 is 11.6 Å². The minimum absolute atomic E-state index is 0.281. The van der Waals surface area contributed by atoms with Crippen molar-refractivity contribution in [2.45, 2.75) is 39.3 Å². The van der Waals surface area contributed by atoms with E-state index in [9.17, 15) is 0 Å². The Bertz CT molecular complexity index is 647. The van der Waals surface area contributed by atoms with Crippen molar-refractivity contribution in [2.75, 3.05) is 26.2 Å². The van der Waals surface area contributed by atoms with Gasteiger partial charge in [-0.05, 0) is 24.6 Å². The van der Waals surface area contributed by atoms with Crippen LogP contribution in [0.15, 0.2) is 28.7 Å². The smallest absolute Gasteiger partial charge is 0.230 e. The van der Waals surface area contributed by atoms with E-state index < -0.39 is 0 Å². The van der Waals surface area contributed by atoms with E-state index in [1.165, 1.54) is 5.56 Å². The maximum absolute atomic E-state index is 5.98. The maximum Gasteiger partial charge on any atom is 0.230 e. The highest BCUT2D eigenvalue weighted by Gasteiger charge is 2.23. The van der Waals surface area contributed by atoms with E-state index in [4.69, 9.17) is 16.0 Å². The predicted molar refractivity (Wildman–Crippen MR) is 95.1 cm³/mol. The van der Waals surface area contributed by atoms with Gasteiger partial charge in [-0.3, -0.25) is 9.80 Å². The van der Waals surface area contributed by atoms with Gasteiger partial charge in [0.05, 0.1) is 6.54 Å². The van der Waals surface area contributed by atoms with E-state index in [0.717, 1.165) is 49.5 Å². The van der Waals surface area contributed by atoms with Crippen molar-refractivity contribution in [3.8, 4) is 0 Å². The molecule has 0 unspecified atom stereocenters. The summed E-state index contributed by atoms with van der Waals surface area (Å²) in [6.45, 7) is 11.2. The fraction of sp³-hybridized carbons (Fsp3) is 0.556. The summed E-state index contributed by atoms with van der Waals surface area (Å²) in [6.07, 6.45) is 0. The van der Waals surface area contributed by atoms with Crippen LogP contribution < -0.4 is 0 Å². The molecule has 0 N–H and O–H groups in total. The number of hydrogen-bond donors (Lipinski definition) is 0. The average Bonchev–Trinajstić information content (AvgIpc) is 3.04. The van der Waals surface area contributed by atoms with E-state index in [0.29, 0.717) is 6.04 Å². The minimum Gasteiger partial charge on any atom is -0.424 e. The third-order valence-corrected chi connectivity index (χ3v) is 4.89. The van der Waals surface area contributed by atoms with Crippen molar-refractivity contribution < 1.29 is 4.42 Å². The quantitative estimate of drug-likeness (QED) is 0.824. The molecule has 2 aromatic rings. The minimum atomic E-state index is 0.281. The van der Waals surface area contributed by atoms with Gasteiger partial charge in [0.15, 0.2) is 0 Å². The van der Waals surface area contributed by atoms with Crippen LogP contribution in [0.5, 0.6) is 0 Å². The molecule has 0 aliphatic carbocycles.